The maximum absolute atomic E-state index is 12.9. The van der Waals surface area contributed by atoms with Crippen molar-refractivity contribution in [3.8, 4) is 0 Å². The van der Waals surface area contributed by atoms with E-state index in [1.807, 2.05) is 29.2 Å². The zero-order valence-corrected chi connectivity index (χ0v) is 14.7. The Hall–Kier alpha value is -2.34. The number of aromatic nitrogens is 1. The molecule has 1 aliphatic rings. The van der Waals surface area contributed by atoms with Crippen LogP contribution in [0.5, 0.6) is 0 Å². The predicted octanol–water partition coefficient (Wildman–Crippen LogP) is 2.37. The van der Waals surface area contributed by atoms with Gasteiger partial charge in [0.15, 0.2) is 0 Å². The summed E-state index contributed by atoms with van der Waals surface area (Å²) in [6.07, 6.45) is 5.46. The topological polar surface area (TPSA) is 60.1 Å². The molecule has 6 nitrogen and oxygen atoms in total. The predicted molar refractivity (Wildman–Crippen MR) is 94.4 cm³/mol. The van der Waals surface area contributed by atoms with Crippen LogP contribution < -0.4 is 9.88 Å². The number of rotatable bonds is 7. The Morgan fingerprint density at radius 1 is 1.28 bits per heavy atom. The summed E-state index contributed by atoms with van der Waals surface area (Å²) < 4.78 is 10.8. The van der Waals surface area contributed by atoms with Gasteiger partial charge < -0.3 is 14.1 Å². The molecule has 1 aliphatic heterocycles. The van der Waals surface area contributed by atoms with E-state index in [-0.39, 0.29) is 5.91 Å². The number of H-pyrrole nitrogens is 1. The van der Waals surface area contributed by atoms with Gasteiger partial charge in [0.05, 0.1) is 31.6 Å². The molecular formula is C19H26N3O3+. The molecule has 0 aliphatic carbocycles. The van der Waals surface area contributed by atoms with Crippen molar-refractivity contribution in [2.75, 3.05) is 37.7 Å². The molecule has 1 saturated heterocycles. The molecule has 3 rings (SSSR count). The van der Waals surface area contributed by atoms with Crippen molar-refractivity contribution >= 4 is 11.7 Å². The van der Waals surface area contributed by atoms with E-state index in [1.165, 1.54) is 0 Å². The van der Waals surface area contributed by atoms with Crippen molar-refractivity contribution in [1.29, 1.82) is 0 Å². The van der Waals surface area contributed by atoms with Gasteiger partial charge in [0.25, 0.3) is 11.7 Å². The van der Waals surface area contributed by atoms with E-state index in [4.69, 9.17) is 9.15 Å². The first-order valence-corrected chi connectivity index (χ1v) is 8.94. The maximum atomic E-state index is 12.9. The van der Waals surface area contributed by atoms with E-state index in [0.717, 1.165) is 57.3 Å². The van der Waals surface area contributed by atoms with Crippen LogP contribution in [0.15, 0.2) is 41.1 Å². The van der Waals surface area contributed by atoms with Gasteiger partial charge >= 0.3 is 0 Å². The summed E-state index contributed by atoms with van der Waals surface area (Å²) in [6.45, 7) is 6.56. The monoisotopic (exact) mass is 344 g/mol. The number of anilines is 1. The molecule has 0 spiro atoms. The maximum Gasteiger partial charge on any atom is 0.274 e. The van der Waals surface area contributed by atoms with Crippen molar-refractivity contribution in [2.24, 2.45) is 0 Å². The SMILES string of the molecule is CCCCN(Cc1ccco1)C(=O)c1ccc(N2CCOCC2)[nH+]c1. The number of hydrogen-bond acceptors (Lipinski definition) is 4. The van der Waals surface area contributed by atoms with E-state index in [1.54, 1.807) is 12.5 Å². The third-order valence-electron chi connectivity index (χ3n) is 4.39. The Kier molecular flexibility index (Phi) is 6.06. The second-order valence-electron chi connectivity index (χ2n) is 6.22. The minimum absolute atomic E-state index is 0.0228. The average Bonchev–Trinajstić information content (AvgIpc) is 3.18. The van der Waals surface area contributed by atoms with Crippen molar-refractivity contribution in [3.63, 3.8) is 0 Å². The van der Waals surface area contributed by atoms with Gasteiger partial charge in [-0.05, 0) is 24.6 Å². The molecule has 0 bridgehead atoms. The van der Waals surface area contributed by atoms with Gasteiger partial charge in [0, 0.05) is 12.6 Å². The van der Waals surface area contributed by atoms with Gasteiger partial charge in [-0.25, -0.2) is 4.98 Å². The molecule has 0 radical (unpaired) electrons. The lowest BCUT2D eigenvalue weighted by molar-refractivity contribution is -0.364. The van der Waals surface area contributed by atoms with Crippen molar-refractivity contribution in [2.45, 2.75) is 26.3 Å². The number of carbonyl (C=O) groups excluding carboxylic acids is 1. The standard InChI is InChI=1S/C19H25N3O3/c1-2-3-8-22(15-17-5-4-11-25-17)19(23)16-6-7-18(20-14-16)21-9-12-24-13-10-21/h4-7,11,14H,2-3,8-10,12-13,15H2,1H3/p+1. The molecule has 1 amide bonds. The highest BCUT2D eigenvalue weighted by Crippen LogP contribution is 2.14. The van der Waals surface area contributed by atoms with Crippen LogP contribution in [0, 0.1) is 0 Å². The minimum Gasteiger partial charge on any atom is -0.467 e. The first-order valence-electron chi connectivity index (χ1n) is 8.94. The second-order valence-corrected chi connectivity index (χ2v) is 6.22. The number of pyridine rings is 1. The first kappa shape index (κ1) is 17.5. The van der Waals surface area contributed by atoms with E-state index in [0.29, 0.717) is 12.1 Å². The highest BCUT2D eigenvalue weighted by molar-refractivity contribution is 5.93. The molecule has 3 heterocycles. The molecule has 25 heavy (non-hydrogen) atoms. The number of aromatic amines is 1. The van der Waals surface area contributed by atoms with Crippen LogP contribution in [0.25, 0.3) is 0 Å². The Labute approximate surface area is 148 Å². The fourth-order valence-electron chi connectivity index (χ4n) is 2.93. The zero-order valence-electron chi connectivity index (χ0n) is 14.7. The lowest BCUT2D eigenvalue weighted by Crippen LogP contribution is -2.39. The molecule has 6 heteroatoms. The number of carbonyl (C=O) groups is 1. The summed E-state index contributed by atoms with van der Waals surface area (Å²) in [4.78, 5) is 20.2. The molecule has 1 fully saturated rings. The summed E-state index contributed by atoms with van der Waals surface area (Å²) in [7, 11) is 0. The molecule has 2 aromatic rings. The van der Waals surface area contributed by atoms with E-state index < -0.39 is 0 Å². The normalized spacial score (nSPS) is 14.5. The largest absolute Gasteiger partial charge is 0.467 e. The number of hydrogen-bond donors (Lipinski definition) is 0. The Bertz CT molecular complexity index is 649. The minimum atomic E-state index is 0.0228. The Balaban J connectivity index is 1.69. The van der Waals surface area contributed by atoms with Gasteiger partial charge in [-0.15, -0.1) is 0 Å². The highest BCUT2D eigenvalue weighted by atomic mass is 16.5. The van der Waals surface area contributed by atoms with Crippen LogP contribution in [0.1, 0.15) is 35.9 Å². The number of unbranched alkanes of at least 4 members (excludes halogenated alkanes) is 1. The fourth-order valence-corrected chi connectivity index (χ4v) is 2.93. The van der Waals surface area contributed by atoms with Gasteiger partial charge in [-0.2, -0.15) is 0 Å². The summed E-state index contributed by atoms with van der Waals surface area (Å²) in [5.74, 6) is 1.85. The molecule has 0 atom stereocenters. The molecular weight excluding hydrogens is 318 g/mol. The number of furan rings is 1. The van der Waals surface area contributed by atoms with Gasteiger partial charge in [-0.1, -0.05) is 13.3 Å². The fraction of sp³-hybridized carbons (Fsp3) is 0.474. The van der Waals surface area contributed by atoms with Crippen LogP contribution in [0.4, 0.5) is 5.82 Å². The molecule has 2 aromatic heterocycles. The third kappa shape index (κ3) is 4.60. The lowest BCUT2D eigenvalue weighted by atomic mass is 10.2. The molecule has 1 N–H and O–H groups in total. The van der Waals surface area contributed by atoms with Crippen molar-refractivity contribution < 1.29 is 18.9 Å². The number of ether oxygens (including phenoxy) is 1. The Morgan fingerprint density at radius 2 is 2.12 bits per heavy atom. The van der Waals surface area contributed by atoms with Gasteiger partial charge in [-0.3, -0.25) is 9.69 Å². The lowest BCUT2D eigenvalue weighted by Gasteiger charge is -2.22. The van der Waals surface area contributed by atoms with Crippen LogP contribution in [0.2, 0.25) is 0 Å². The quantitative estimate of drug-likeness (QED) is 0.774. The van der Waals surface area contributed by atoms with E-state index in [2.05, 4.69) is 16.8 Å². The molecule has 134 valence electrons. The number of nitrogens with zero attached hydrogens (tertiary/aromatic N) is 2. The van der Waals surface area contributed by atoms with Crippen LogP contribution in [-0.4, -0.2) is 43.7 Å². The first-order chi connectivity index (χ1) is 12.3. The van der Waals surface area contributed by atoms with Gasteiger partial charge in [0.1, 0.15) is 25.0 Å². The molecule has 0 unspecified atom stereocenters. The summed E-state index contributed by atoms with van der Waals surface area (Å²) in [5.41, 5.74) is 0.666. The third-order valence-corrected chi connectivity index (χ3v) is 4.39. The van der Waals surface area contributed by atoms with E-state index in [9.17, 15) is 4.79 Å². The molecule has 0 saturated carbocycles. The van der Waals surface area contributed by atoms with Gasteiger partial charge in [0.2, 0.25) is 0 Å². The summed E-state index contributed by atoms with van der Waals surface area (Å²) >= 11 is 0. The smallest absolute Gasteiger partial charge is 0.274 e. The van der Waals surface area contributed by atoms with Crippen molar-refractivity contribution in [3.05, 3.63) is 48.0 Å². The van der Waals surface area contributed by atoms with Crippen molar-refractivity contribution in [1.82, 2.24) is 4.90 Å². The van der Waals surface area contributed by atoms with Crippen LogP contribution >= 0.6 is 0 Å². The molecule has 0 aromatic carbocycles. The van der Waals surface area contributed by atoms with Crippen LogP contribution in [0.3, 0.4) is 0 Å². The number of nitrogens with one attached hydrogen (secondary N) is 1. The summed E-state index contributed by atoms with van der Waals surface area (Å²) in [6, 6.07) is 7.62. The second kappa shape index (κ2) is 8.67. The Morgan fingerprint density at radius 3 is 2.76 bits per heavy atom. The zero-order chi connectivity index (χ0) is 17.5. The number of amides is 1. The van der Waals surface area contributed by atoms with Crippen LogP contribution in [-0.2, 0) is 11.3 Å². The summed E-state index contributed by atoms with van der Waals surface area (Å²) in [5, 5.41) is 0. The highest BCUT2D eigenvalue weighted by Gasteiger charge is 2.21. The number of morpholine rings is 1. The van der Waals surface area contributed by atoms with E-state index >= 15 is 0 Å². The average molecular weight is 344 g/mol.